The van der Waals surface area contributed by atoms with Crippen LogP contribution in [0.3, 0.4) is 0 Å². The number of carboxylic acids is 1. The highest BCUT2D eigenvalue weighted by molar-refractivity contribution is 5.93. The maximum absolute atomic E-state index is 11.5. The fourth-order valence-electron chi connectivity index (χ4n) is 1.76. The molecule has 1 amide bonds. The zero-order valence-electron chi connectivity index (χ0n) is 10.5. The van der Waals surface area contributed by atoms with E-state index in [0.717, 1.165) is 0 Å². The average Bonchev–Trinajstić information content (AvgIpc) is 2.38. The lowest BCUT2D eigenvalue weighted by atomic mass is 9.97. The van der Waals surface area contributed by atoms with Gasteiger partial charge in [-0.3, -0.25) is 4.79 Å². The predicted molar refractivity (Wildman–Crippen MR) is 63.3 cm³/mol. The molecule has 1 heterocycles. The third-order valence-electron chi connectivity index (χ3n) is 2.90. The molecule has 1 saturated heterocycles. The highest BCUT2D eigenvalue weighted by atomic mass is 16.6. The second kappa shape index (κ2) is 6.77. The number of aliphatic hydroxyl groups excluding tert-OH is 4. The van der Waals surface area contributed by atoms with Crippen LogP contribution in [0.25, 0.3) is 0 Å². The van der Waals surface area contributed by atoms with E-state index in [9.17, 15) is 24.9 Å². The monoisotopic (exact) mass is 291 g/mol. The van der Waals surface area contributed by atoms with Crippen LogP contribution >= 0.6 is 0 Å². The fourth-order valence-corrected chi connectivity index (χ4v) is 1.76. The number of aliphatic hydroxyl groups is 4. The van der Waals surface area contributed by atoms with E-state index in [2.05, 4.69) is 11.9 Å². The number of carboxylic acid groups (broad SMARTS) is 1. The van der Waals surface area contributed by atoms with Crippen LogP contribution in [0, 0.1) is 0 Å². The van der Waals surface area contributed by atoms with E-state index in [1.54, 1.807) is 0 Å². The Kier molecular flexibility index (Phi) is 5.60. The molecular weight excluding hydrogens is 274 g/mol. The summed E-state index contributed by atoms with van der Waals surface area (Å²) in [6.45, 7) is 2.55. The molecule has 1 rings (SSSR count). The highest BCUT2D eigenvalue weighted by Crippen LogP contribution is 2.19. The molecule has 0 aromatic heterocycles. The Hall–Kier alpha value is -1.52. The number of carbonyl (C=O) groups excluding carboxylic acids is 1. The summed E-state index contributed by atoms with van der Waals surface area (Å²) in [7, 11) is 0. The maximum Gasteiger partial charge on any atom is 0.331 e. The largest absolute Gasteiger partial charge is 0.478 e. The molecule has 0 radical (unpaired) electrons. The highest BCUT2D eigenvalue weighted by Gasteiger charge is 2.44. The van der Waals surface area contributed by atoms with Gasteiger partial charge in [0.25, 0.3) is 0 Å². The SMILES string of the molecule is C=C(CC(=O)N[C@@H]1[C@@H](O)[C@H](O)[C@@H](CO)O[C@H]1O)C(=O)O. The number of nitrogens with one attached hydrogen (secondary N) is 1. The smallest absolute Gasteiger partial charge is 0.331 e. The molecule has 1 fully saturated rings. The minimum atomic E-state index is -1.65. The van der Waals surface area contributed by atoms with E-state index in [1.807, 2.05) is 0 Å². The van der Waals surface area contributed by atoms with E-state index >= 15 is 0 Å². The maximum atomic E-state index is 11.5. The Balaban J connectivity index is 2.64. The van der Waals surface area contributed by atoms with Gasteiger partial charge in [-0.25, -0.2) is 4.79 Å². The van der Waals surface area contributed by atoms with E-state index in [-0.39, 0.29) is 5.57 Å². The molecule has 9 nitrogen and oxygen atoms in total. The van der Waals surface area contributed by atoms with Gasteiger partial charge in [-0.05, 0) is 0 Å². The molecule has 0 saturated carbocycles. The van der Waals surface area contributed by atoms with Crippen molar-refractivity contribution in [2.24, 2.45) is 0 Å². The predicted octanol–water partition coefficient (Wildman–Crippen LogP) is -3.07. The summed E-state index contributed by atoms with van der Waals surface area (Å²) in [5.41, 5.74) is -0.364. The number of aliphatic carboxylic acids is 1. The molecule has 0 aromatic carbocycles. The van der Waals surface area contributed by atoms with E-state index in [1.165, 1.54) is 0 Å². The van der Waals surface area contributed by atoms with Gasteiger partial charge in [0.2, 0.25) is 5.91 Å². The van der Waals surface area contributed by atoms with Gasteiger partial charge in [0.15, 0.2) is 6.29 Å². The lowest BCUT2D eigenvalue weighted by Gasteiger charge is -2.40. The minimum absolute atomic E-state index is 0.364. The van der Waals surface area contributed by atoms with Crippen LogP contribution in [0.4, 0.5) is 0 Å². The van der Waals surface area contributed by atoms with Crippen molar-refractivity contribution in [2.75, 3.05) is 6.61 Å². The van der Waals surface area contributed by atoms with Gasteiger partial charge in [-0.15, -0.1) is 0 Å². The first kappa shape index (κ1) is 16.5. The first-order valence-electron chi connectivity index (χ1n) is 5.79. The van der Waals surface area contributed by atoms with Crippen LogP contribution < -0.4 is 5.32 Å². The summed E-state index contributed by atoms with van der Waals surface area (Å²) in [6.07, 6.45) is -6.44. The van der Waals surface area contributed by atoms with Crippen molar-refractivity contribution < 1.29 is 39.9 Å². The lowest BCUT2D eigenvalue weighted by Crippen LogP contribution is -2.64. The minimum Gasteiger partial charge on any atom is -0.478 e. The average molecular weight is 291 g/mol. The van der Waals surface area contributed by atoms with E-state index in [4.69, 9.17) is 14.9 Å². The summed E-state index contributed by atoms with van der Waals surface area (Å²) >= 11 is 0. The molecule has 5 atom stereocenters. The van der Waals surface area contributed by atoms with E-state index in [0.29, 0.717) is 0 Å². The van der Waals surface area contributed by atoms with Crippen LogP contribution in [0.2, 0.25) is 0 Å². The summed E-state index contributed by atoms with van der Waals surface area (Å²) in [4.78, 5) is 22.0. The van der Waals surface area contributed by atoms with E-state index < -0.39 is 55.5 Å². The Morgan fingerprint density at radius 1 is 1.20 bits per heavy atom. The van der Waals surface area contributed by atoms with Crippen molar-refractivity contribution in [3.05, 3.63) is 12.2 Å². The second-order valence-corrected chi connectivity index (χ2v) is 4.41. The fraction of sp³-hybridized carbons (Fsp3) is 0.636. The zero-order valence-corrected chi connectivity index (χ0v) is 10.5. The second-order valence-electron chi connectivity index (χ2n) is 4.41. The normalized spacial score (nSPS) is 33.5. The summed E-state index contributed by atoms with van der Waals surface area (Å²) in [5, 5.41) is 48.5. The third kappa shape index (κ3) is 3.74. The van der Waals surface area contributed by atoms with Crippen molar-refractivity contribution in [1.82, 2.24) is 5.32 Å². The molecule has 20 heavy (non-hydrogen) atoms. The van der Waals surface area contributed by atoms with Gasteiger partial charge in [0.1, 0.15) is 24.4 Å². The first-order chi connectivity index (χ1) is 9.27. The molecule has 1 aliphatic heterocycles. The van der Waals surface area contributed by atoms with Gasteiger partial charge < -0.3 is 35.6 Å². The van der Waals surface area contributed by atoms with Crippen molar-refractivity contribution in [3.8, 4) is 0 Å². The quantitative estimate of drug-likeness (QED) is 0.291. The number of carbonyl (C=O) groups is 2. The standard InChI is InChI=1S/C11H17NO8/c1-4(10(17)18)2-6(14)12-7-9(16)8(15)5(3-13)20-11(7)19/h5,7-9,11,13,15-16,19H,1-3H2,(H,12,14)(H,17,18)/t5-,7-,8-,9-,11-/m1/s1. The zero-order chi connectivity index (χ0) is 15.4. The molecular formula is C11H17NO8. The number of rotatable bonds is 5. The number of hydrogen-bond donors (Lipinski definition) is 6. The molecule has 0 aliphatic carbocycles. The van der Waals surface area contributed by atoms with Crippen LogP contribution in [-0.2, 0) is 14.3 Å². The van der Waals surface area contributed by atoms with Gasteiger partial charge in [0.05, 0.1) is 13.0 Å². The third-order valence-corrected chi connectivity index (χ3v) is 2.90. The van der Waals surface area contributed by atoms with Crippen LogP contribution in [-0.4, -0.2) is 74.7 Å². The first-order valence-corrected chi connectivity index (χ1v) is 5.79. The van der Waals surface area contributed by atoms with Gasteiger partial charge in [0, 0.05) is 5.57 Å². The molecule has 6 N–H and O–H groups in total. The van der Waals surface area contributed by atoms with Crippen molar-refractivity contribution in [2.45, 2.75) is 37.1 Å². The van der Waals surface area contributed by atoms with Crippen molar-refractivity contribution >= 4 is 11.9 Å². The molecule has 9 heteroatoms. The Bertz CT molecular complexity index is 398. The van der Waals surface area contributed by atoms with Gasteiger partial charge in [-0.2, -0.15) is 0 Å². The molecule has 1 aliphatic rings. The van der Waals surface area contributed by atoms with Crippen LogP contribution in [0.5, 0.6) is 0 Å². The van der Waals surface area contributed by atoms with Crippen molar-refractivity contribution in [1.29, 1.82) is 0 Å². The Morgan fingerprint density at radius 3 is 2.30 bits per heavy atom. The molecule has 114 valence electrons. The lowest BCUT2D eigenvalue weighted by molar-refractivity contribution is -0.253. The van der Waals surface area contributed by atoms with Crippen LogP contribution in [0.1, 0.15) is 6.42 Å². The molecule has 0 aromatic rings. The number of hydrogen-bond acceptors (Lipinski definition) is 7. The molecule has 0 bridgehead atoms. The van der Waals surface area contributed by atoms with Crippen molar-refractivity contribution in [3.63, 3.8) is 0 Å². The number of ether oxygens (including phenoxy) is 1. The molecule has 0 unspecified atom stereocenters. The Morgan fingerprint density at radius 2 is 1.80 bits per heavy atom. The van der Waals surface area contributed by atoms with Gasteiger partial charge >= 0.3 is 5.97 Å². The van der Waals surface area contributed by atoms with Crippen LogP contribution in [0.15, 0.2) is 12.2 Å². The molecule has 0 spiro atoms. The van der Waals surface area contributed by atoms with Gasteiger partial charge in [-0.1, -0.05) is 6.58 Å². The summed E-state index contributed by atoms with van der Waals surface area (Å²) < 4.78 is 4.83. The summed E-state index contributed by atoms with van der Waals surface area (Å²) in [5.74, 6) is -2.15. The number of amides is 1. The summed E-state index contributed by atoms with van der Waals surface area (Å²) in [6, 6.07) is -1.35. The topological polar surface area (TPSA) is 157 Å². The Labute approximate surface area is 114 Å².